The van der Waals surface area contributed by atoms with Crippen LogP contribution in [0, 0.1) is 11.8 Å². The maximum absolute atomic E-state index is 5.11. The average Bonchev–Trinajstić information content (AvgIpc) is 2.12. The maximum Gasteiger partial charge on any atom is 0.166 e. The fraction of sp³-hybridized carbons (Fsp3) is 0.900. The first-order valence-electron chi connectivity index (χ1n) is 5.06. The van der Waals surface area contributed by atoms with Gasteiger partial charge in [-0.05, 0) is 24.1 Å². The van der Waals surface area contributed by atoms with Gasteiger partial charge in [0.1, 0.15) is 0 Å². The molecule has 0 fully saturated rings. The SMILES string of the molecule is COCC(C)CNC(=S)NCC(C)C. The smallest absolute Gasteiger partial charge is 0.166 e. The van der Waals surface area contributed by atoms with Gasteiger partial charge in [0.2, 0.25) is 0 Å². The lowest BCUT2D eigenvalue weighted by Gasteiger charge is -2.15. The number of rotatable bonds is 6. The van der Waals surface area contributed by atoms with Crippen LogP contribution >= 0.6 is 12.2 Å². The van der Waals surface area contributed by atoms with E-state index in [2.05, 4.69) is 31.4 Å². The Hall–Kier alpha value is -0.350. The molecule has 0 rings (SSSR count). The highest BCUT2D eigenvalue weighted by molar-refractivity contribution is 7.80. The number of hydrogen-bond acceptors (Lipinski definition) is 2. The van der Waals surface area contributed by atoms with Gasteiger partial charge in [0, 0.05) is 20.2 Å². The third-order valence-electron chi connectivity index (χ3n) is 1.73. The first kappa shape index (κ1) is 13.7. The van der Waals surface area contributed by atoms with Crippen LogP contribution in [0.15, 0.2) is 0 Å². The predicted molar refractivity (Wildman–Crippen MR) is 64.5 cm³/mol. The molecule has 0 aliphatic carbocycles. The predicted octanol–water partition coefficient (Wildman–Crippen LogP) is 1.39. The molecular formula is C10H22N2OS. The topological polar surface area (TPSA) is 33.3 Å². The van der Waals surface area contributed by atoms with Gasteiger partial charge in [0.05, 0.1) is 6.61 Å². The zero-order valence-corrected chi connectivity index (χ0v) is 10.4. The zero-order chi connectivity index (χ0) is 11.0. The molecule has 0 spiro atoms. The lowest BCUT2D eigenvalue weighted by atomic mass is 10.2. The van der Waals surface area contributed by atoms with E-state index in [9.17, 15) is 0 Å². The van der Waals surface area contributed by atoms with Gasteiger partial charge in [-0.25, -0.2) is 0 Å². The van der Waals surface area contributed by atoms with Crippen molar-refractivity contribution in [1.29, 1.82) is 0 Å². The van der Waals surface area contributed by atoms with Gasteiger partial charge < -0.3 is 15.4 Å². The highest BCUT2D eigenvalue weighted by Gasteiger charge is 2.02. The fourth-order valence-electron chi connectivity index (χ4n) is 0.970. The molecule has 1 atom stereocenters. The van der Waals surface area contributed by atoms with Gasteiger partial charge in [-0.1, -0.05) is 20.8 Å². The van der Waals surface area contributed by atoms with Crippen LogP contribution in [0.25, 0.3) is 0 Å². The van der Waals surface area contributed by atoms with Gasteiger partial charge in [-0.3, -0.25) is 0 Å². The van der Waals surface area contributed by atoms with Crippen molar-refractivity contribution < 1.29 is 4.74 Å². The molecule has 14 heavy (non-hydrogen) atoms. The van der Waals surface area contributed by atoms with Crippen molar-refractivity contribution in [2.75, 3.05) is 26.8 Å². The Balaban J connectivity index is 3.43. The lowest BCUT2D eigenvalue weighted by molar-refractivity contribution is 0.161. The Labute approximate surface area is 92.6 Å². The summed E-state index contributed by atoms with van der Waals surface area (Å²) in [6.45, 7) is 8.98. The van der Waals surface area contributed by atoms with Crippen LogP contribution in [-0.4, -0.2) is 31.9 Å². The molecule has 0 aromatic carbocycles. The van der Waals surface area contributed by atoms with Crippen molar-refractivity contribution in [2.45, 2.75) is 20.8 Å². The quantitative estimate of drug-likeness (QED) is 0.660. The summed E-state index contributed by atoms with van der Waals surface area (Å²) in [5.74, 6) is 1.10. The Morgan fingerprint density at radius 2 is 1.79 bits per heavy atom. The van der Waals surface area contributed by atoms with Gasteiger partial charge in [-0.2, -0.15) is 0 Å². The van der Waals surface area contributed by atoms with Crippen LogP contribution in [0.2, 0.25) is 0 Å². The summed E-state index contributed by atoms with van der Waals surface area (Å²) < 4.78 is 5.03. The number of methoxy groups -OCH3 is 1. The Morgan fingerprint density at radius 3 is 2.29 bits per heavy atom. The summed E-state index contributed by atoms with van der Waals surface area (Å²) >= 11 is 5.11. The van der Waals surface area contributed by atoms with Crippen LogP contribution in [0.5, 0.6) is 0 Å². The molecule has 0 radical (unpaired) electrons. The largest absolute Gasteiger partial charge is 0.384 e. The molecule has 4 heteroatoms. The van der Waals surface area contributed by atoms with Crippen molar-refractivity contribution in [3.63, 3.8) is 0 Å². The van der Waals surface area contributed by atoms with Crippen LogP contribution < -0.4 is 10.6 Å². The lowest BCUT2D eigenvalue weighted by Crippen LogP contribution is -2.39. The summed E-state index contributed by atoms with van der Waals surface area (Å²) in [6.07, 6.45) is 0. The average molecular weight is 218 g/mol. The standard InChI is InChI=1S/C10H22N2OS/c1-8(2)5-11-10(14)12-6-9(3)7-13-4/h8-9H,5-7H2,1-4H3,(H2,11,12,14). The normalized spacial score (nSPS) is 12.6. The van der Waals surface area contributed by atoms with E-state index >= 15 is 0 Å². The highest BCUT2D eigenvalue weighted by atomic mass is 32.1. The fourth-order valence-corrected chi connectivity index (χ4v) is 1.14. The minimum absolute atomic E-state index is 0.485. The Morgan fingerprint density at radius 1 is 1.21 bits per heavy atom. The van der Waals surface area contributed by atoms with Gasteiger partial charge in [0.25, 0.3) is 0 Å². The van der Waals surface area contributed by atoms with E-state index in [4.69, 9.17) is 17.0 Å². The van der Waals surface area contributed by atoms with Crippen molar-refractivity contribution in [1.82, 2.24) is 10.6 Å². The summed E-state index contributed by atoms with van der Waals surface area (Å²) in [4.78, 5) is 0. The molecule has 84 valence electrons. The van der Waals surface area contributed by atoms with Crippen LogP contribution in [0.1, 0.15) is 20.8 Å². The van der Waals surface area contributed by atoms with E-state index in [-0.39, 0.29) is 0 Å². The zero-order valence-electron chi connectivity index (χ0n) is 9.59. The number of thiocarbonyl (C=S) groups is 1. The molecule has 0 saturated carbocycles. The number of ether oxygens (including phenoxy) is 1. The highest BCUT2D eigenvalue weighted by Crippen LogP contribution is 1.92. The molecular weight excluding hydrogens is 196 g/mol. The van der Waals surface area contributed by atoms with Crippen molar-refractivity contribution >= 4 is 17.3 Å². The van der Waals surface area contributed by atoms with Crippen molar-refractivity contribution in [2.24, 2.45) is 11.8 Å². The maximum atomic E-state index is 5.11. The molecule has 1 unspecified atom stereocenters. The molecule has 0 aromatic rings. The first-order chi connectivity index (χ1) is 6.56. The van der Waals surface area contributed by atoms with E-state index in [1.54, 1.807) is 7.11 Å². The summed E-state index contributed by atoms with van der Waals surface area (Å²) in [6, 6.07) is 0. The number of nitrogens with one attached hydrogen (secondary N) is 2. The second kappa shape index (κ2) is 8.00. The summed E-state index contributed by atoms with van der Waals surface area (Å²) in [5, 5.41) is 7.06. The van der Waals surface area contributed by atoms with Crippen molar-refractivity contribution in [3.05, 3.63) is 0 Å². The molecule has 0 saturated heterocycles. The monoisotopic (exact) mass is 218 g/mol. The van der Waals surface area contributed by atoms with Gasteiger partial charge in [-0.15, -0.1) is 0 Å². The molecule has 3 nitrogen and oxygen atoms in total. The van der Waals surface area contributed by atoms with E-state index in [1.807, 2.05) is 0 Å². The van der Waals surface area contributed by atoms with E-state index < -0.39 is 0 Å². The van der Waals surface area contributed by atoms with E-state index in [0.29, 0.717) is 11.8 Å². The van der Waals surface area contributed by atoms with Crippen LogP contribution in [0.4, 0.5) is 0 Å². The Kier molecular flexibility index (Phi) is 7.80. The first-order valence-corrected chi connectivity index (χ1v) is 5.47. The second-order valence-corrected chi connectivity index (χ2v) is 4.45. The van der Waals surface area contributed by atoms with Gasteiger partial charge in [0.15, 0.2) is 5.11 Å². The molecule has 0 aliphatic rings. The molecule has 0 aliphatic heterocycles. The molecule has 0 bridgehead atoms. The van der Waals surface area contributed by atoms with E-state index in [1.165, 1.54) is 0 Å². The molecule has 0 aromatic heterocycles. The summed E-state index contributed by atoms with van der Waals surface area (Å²) in [7, 11) is 1.71. The summed E-state index contributed by atoms with van der Waals surface area (Å²) in [5.41, 5.74) is 0. The minimum atomic E-state index is 0.485. The van der Waals surface area contributed by atoms with Gasteiger partial charge >= 0.3 is 0 Å². The third kappa shape index (κ3) is 8.26. The minimum Gasteiger partial charge on any atom is -0.384 e. The van der Waals surface area contributed by atoms with Crippen molar-refractivity contribution in [3.8, 4) is 0 Å². The second-order valence-electron chi connectivity index (χ2n) is 4.05. The molecule has 0 amide bonds. The third-order valence-corrected chi connectivity index (χ3v) is 2.02. The molecule has 2 N–H and O–H groups in total. The Bertz CT molecular complexity index is 162. The van der Waals surface area contributed by atoms with Crippen LogP contribution in [0.3, 0.4) is 0 Å². The molecule has 0 heterocycles. The number of hydrogen-bond donors (Lipinski definition) is 2. The van der Waals surface area contributed by atoms with Crippen LogP contribution in [-0.2, 0) is 4.74 Å². The van der Waals surface area contributed by atoms with E-state index in [0.717, 1.165) is 24.8 Å².